The van der Waals surface area contributed by atoms with Crippen molar-refractivity contribution in [1.29, 1.82) is 0 Å². The molecule has 0 radical (unpaired) electrons. The number of ether oxygens (including phenoxy) is 1. The van der Waals surface area contributed by atoms with Crippen molar-refractivity contribution in [2.75, 3.05) is 0 Å². The number of rotatable bonds is 6. The zero-order valence-electron chi connectivity index (χ0n) is 17.8. The molecule has 2 N–H and O–H groups in total. The van der Waals surface area contributed by atoms with Crippen LogP contribution in [0.3, 0.4) is 0 Å². The predicted molar refractivity (Wildman–Crippen MR) is 154 cm³/mol. The molecule has 35 heavy (non-hydrogen) atoms. The zero-order valence-corrected chi connectivity index (χ0v) is 24.1. The van der Waals surface area contributed by atoms with Crippen molar-refractivity contribution in [2.45, 2.75) is 0 Å². The Hall–Kier alpha value is -2.46. The third kappa shape index (κ3) is 6.82. The van der Waals surface area contributed by atoms with Gasteiger partial charge in [0.25, 0.3) is 0 Å². The van der Waals surface area contributed by atoms with Crippen molar-refractivity contribution in [3.8, 4) is 23.0 Å². The Labute approximate surface area is 235 Å². The third-order valence-corrected chi connectivity index (χ3v) is 6.85. The summed E-state index contributed by atoms with van der Waals surface area (Å²) in [6.45, 7) is 0. The van der Waals surface area contributed by atoms with Crippen molar-refractivity contribution in [2.24, 2.45) is 9.98 Å². The molecular formula is C26H16Br4N2O3. The number of aromatic hydroxyl groups is 2. The smallest absolute Gasteiger partial charge is 0.138 e. The van der Waals surface area contributed by atoms with E-state index in [4.69, 9.17) is 4.74 Å². The van der Waals surface area contributed by atoms with E-state index in [2.05, 4.69) is 73.7 Å². The largest absolute Gasteiger partial charge is 0.506 e. The van der Waals surface area contributed by atoms with Crippen molar-refractivity contribution in [3.05, 3.63) is 102 Å². The fourth-order valence-corrected chi connectivity index (χ4v) is 5.51. The number of hydrogen-bond acceptors (Lipinski definition) is 5. The first-order valence-electron chi connectivity index (χ1n) is 10.1. The highest BCUT2D eigenvalue weighted by atomic mass is 79.9. The molecule has 5 nitrogen and oxygen atoms in total. The Kier molecular flexibility index (Phi) is 8.43. The van der Waals surface area contributed by atoms with E-state index in [1.165, 1.54) is 0 Å². The fraction of sp³-hybridized carbons (Fsp3) is 0. The van der Waals surface area contributed by atoms with Gasteiger partial charge in [-0.25, -0.2) is 0 Å². The molecule has 4 aromatic carbocycles. The normalized spacial score (nSPS) is 11.4. The summed E-state index contributed by atoms with van der Waals surface area (Å²) in [5, 5.41) is 20.3. The second-order valence-electron chi connectivity index (χ2n) is 7.26. The molecule has 4 rings (SSSR count). The fourth-order valence-electron chi connectivity index (χ4n) is 2.99. The van der Waals surface area contributed by atoms with E-state index in [1.807, 2.05) is 48.5 Å². The van der Waals surface area contributed by atoms with Crippen LogP contribution in [0.15, 0.2) is 101 Å². The molecule has 0 spiro atoms. The number of halogens is 4. The molecule has 0 aliphatic rings. The van der Waals surface area contributed by atoms with Gasteiger partial charge in [0.15, 0.2) is 0 Å². The molecule has 9 heteroatoms. The molecule has 4 aromatic rings. The van der Waals surface area contributed by atoms with Crippen LogP contribution in [0, 0.1) is 0 Å². The quantitative estimate of drug-likeness (QED) is 0.195. The van der Waals surface area contributed by atoms with Crippen LogP contribution in [0.1, 0.15) is 11.1 Å². The minimum Gasteiger partial charge on any atom is -0.506 e. The summed E-state index contributed by atoms with van der Waals surface area (Å²) in [6.07, 6.45) is 3.21. The number of hydrogen-bond donors (Lipinski definition) is 2. The molecule has 0 aliphatic carbocycles. The van der Waals surface area contributed by atoms with Gasteiger partial charge in [0.1, 0.15) is 23.0 Å². The highest BCUT2D eigenvalue weighted by Crippen LogP contribution is 2.33. The first kappa shape index (κ1) is 25.6. The van der Waals surface area contributed by atoms with Crippen LogP contribution in [0.2, 0.25) is 0 Å². The highest BCUT2D eigenvalue weighted by molar-refractivity contribution is 9.11. The zero-order chi connectivity index (χ0) is 24.9. The van der Waals surface area contributed by atoms with Gasteiger partial charge in [-0.2, -0.15) is 0 Å². The standard InChI is InChI=1S/C26H16Br4N2O3/c27-17-9-15(25(33)23(29)11-17)13-31-19-1-5-21(6-2-19)35-22-7-3-20(4-8-22)32-14-16-10-18(28)12-24(30)26(16)34/h1-14,33-34H. The molecule has 0 bridgehead atoms. The van der Waals surface area contributed by atoms with Gasteiger partial charge in [0.05, 0.1) is 20.3 Å². The Morgan fingerprint density at radius 3 is 1.31 bits per heavy atom. The molecule has 0 aliphatic heterocycles. The molecule has 0 saturated heterocycles. The number of phenols is 2. The molecule has 0 saturated carbocycles. The summed E-state index contributed by atoms with van der Waals surface area (Å²) >= 11 is 13.4. The van der Waals surface area contributed by atoms with Crippen molar-refractivity contribution >= 4 is 87.5 Å². The first-order valence-corrected chi connectivity index (χ1v) is 13.3. The van der Waals surface area contributed by atoms with Gasteiger partial charge >= 0.3 is 0 Å². The maximum absolute atomic E-state index is 10.2. The third-order valence-electron chi connectivity index (χ3n) is 4.73. The summed E-state index contributed by atoms with van der Waals surface area (Å²) in [6, 6.07) is 21.7. The van der Waals surface area contributed by atoms with E-state index in [-0.39, 0.29) is 11.5 Å². The lowest BCUT2D eigenvalue weighted by molar-refractivity contribution is 0.470. The molecule has 0 heterocycles. The summed E-state index contributed by atoms with van der Waals surface area (Å²) in [7, 11) is 0. The van der Waals surface area contributed by atoms with Crippen LogP contribution in [0.5, 0.6) is 23.0 Å². The van der Waals surface area contributed by atoms with Crippen molar-refractivity contribution in [1.82, 2.24) is 0 Å². The average Bonchev–Trinajstić information content (AvgIpc) is 2.83. The first-order chi connectivity index (χ1) is 16.8. The summed E-state index contributed by atoms with van der Waals surface area (Å²) < 4.78 is 8.76. The number of benzene rings is 4. The lowest BCUT2D eigenvalue weighted by Crippen LogP contribution is -1.85. The summed E-state index contributed by atoms with van der Waals surface area (Å²) in [4.78, 5) is 8.84. The van der Waals surface area contributed by atoms with E-state index in [0.717, 1.165) is 20.3 Å². The van der Waals surface area contributed by atoms with Crippen LogP contribution in [-0.2, 0) is 0 Å². The lowest BCUT2D eigenvalue weighted by Gasteiger charge is -2.06. The Balaban J connectivity index is 1.40. The molecular weight excluding hydrogens is 708 g/mol. The molecule has 0 unspecified atom stereocenters. The van der Waals surface area contributed by atoms with Gasteiger partial charge in [-0.1, -0.05) is 31.9 Å². The molecule has 0 amide bonds. The van der Waals surface area contributed by atoms with Crippen LogP contribution in [0.4, 0.5) is 11.4 Å². The van der Waals surface area contributed by atoms with Crippen LogP contribution >= 0.6 is 63.7 Å². The van der Waals surface area contributed by atoms with Crippen LogP contribution in [0.25, 0.3) is 0 Å². The maximum atomic E-state index is 10.2. The Bertz CT molecular complexity index is 1310. The van der Waals surface area contributed by atoms with Gasteiger partial charge in [-0.3, -0.25) is 9.98 Å². The SMILES string of the molecule is Oc1c(Br)cc(Br)cc1C=Nc1ccc(Oc2ccc(N=Cc3cc(Br)cc(Br)c3O)cc2)cc1. The monoisotopic (exact) mass is 720 g/mol. The second kappa shape index (κ2) is 11.5. The maximum Gasteiger partial charge on any atom is 0.138 e. The van der Waals surface area contributed by atoms with Gasteiger partial charge in [0.2, 0.25) is 0 Å². The second-order valence-corrected chi connectivity index (χ2v) is 10.8. The summed E-state index contributed by atoms with van der Waals surface area (Å²) in [5.74, 6) is 1.59. The van der Waals surface area contributed by atoms with Gasteiger partial charge in [-0.15, -0.1) is 0 Å². The average molecular weight is 724 g/mol. The van der Waals surface area contributed by atoms with Crippen LogP contribution < -0.4 is 4.74 Å². The molecule has 0 aromatic heterocycles. The van der Waals surface area contributed by atoms with Gasteiger partial charge < -0.3 is 14.9 Å². The topological polar surface area (TPSA) is 74.4 Å². The van der Waals surface area contributed by atoms with Gasteiger partial charge in [0, 0.05) is 32.5 Å². The Morgan fingerprint density at radius 2 is 0.943 bits per heavy atom. The molecule has 0 atom stereocenters. The highest BCUT2D eigenvalue weighted by Gasteiger charge is 2.07. The van der Waals surface area contributed by atoms with E-state index < -0.39 is 0 Å². The number of nitrogens with zero attached hydrogens (tertiary/aromatic N) is 2. The van der Waals surface area contributed by atoms with E-state index in [9.17, 15) is 10.2 Å². The van der Waals surface area contributed by atoms with E-state index >= 15 is 0 Å². The molecule has 176 valence electrons. The van der Waals surface area contributed by atoms with Crippen molar-refractivity contribution < 1.29 is 14.9 Å². The van der Waals surface area contributed by atoms with E-state index in [1.54, 1.807) is 36.7 Å². The number of phenolic OH excluding ortho intramolecular Hbond substituents is 2. The predicted octanol–water partition coefficient (Wildman–Crippen LogP) is 9.44. The molecule has 0 fully saturated rings. The summed E-state index contributed by atoms with van der Waals surface area (Å²) in [5.41, 5.74) is 2.63. The minimum absolute atomic E-state index is 0.131. The lowest BCUT2D eigenvalue weighted by atomic mass is 10.2. The van der Waals surface area contributed by atoms with Crippen LogP contribution in [-0.4, -0.2) is 22.6 Å². The Morgan fingerprint density at radius 1 is 0.571 bits per heavy atom. The number of aliphatic imine (C=N–C) groups is 2. The van der Waals surface area contributed by atoms with E-state index in [0.29, 0.717) is 31.6 Å². The minimum atomic E-state index is 0.131. The van der Waals surface area contributed by atoms with Gasteiger partial charge in [-0.05, 0) is 105 Å². The van der Waals surface area contributed by atoms with Crippen molar-refractivity contribution in [3.63, 3.8) is 0 Å².